The summed E-state index contributed by atoms with van der Waals surface area (Å²) in [6.07, 6.45) is 3.31. The summed E-state index contributed by atoms with van der Waals surface area (Å²) in [5.74, 6) is 2.37. The molecule has 1 aliphatic heterocycles. The molecule has 0 N–H and O–H groups in total. The second-order valence-electron chi connectivity index (χ2n) is 8.05. The third kappa shape index (κ3) is 5.80. The lowest BCUT2D eigenvalue weighted by molar-refractivity contribution is -0.119. The predicted octanol–water partition coefficient (Wildman–Crippen LogP) is 5.71. The highest BCUT2D eigenvalue weighted by molar-refractivity contribution is 7.99. The number of amides is 1. The molecule has 6 nitrogen and oxygen atoms in total. The van der Waals surface area contributed by atoms with Gasteiger partial charge in [0, 0.05) is 17.9 Å². The van der Waals surface area contributed by atoms with Crippen molar-refractivity contribution in [2.75, 3.05) is 38.0 Å². The topological polar surface area (TPSA) is 60.9 Å². The minimum atomic E-state index is 0.0479. The van der Waals surface area contributed by atoms with Gasteiger partial charge in [0.2, 0.25) is 5.91 Å². The number of hydrogen-bond acceptors (Lipinski definition) is 7. The molecule has 4 rings (SSSR count). The lowest BCUT2D eigenvalue weighted by Gasteiger charge is -2.23. The van der Waals surface area contributed by atoms with E-state index >= 15 is 0 Å². The van der Waals surface area contributed by atoms with Crippen LogP contribution in [0.4, 0.5) is 5.13 Å². The smallest absolute Gasteiger partial charge is 0.228 e. The van der Waals surface area contributed by atoms with Crippen molar-refractivity contribution in [1.82, 2.24) is 4.98 Å². The average molecular weight is 487 g/mol. The summed E-state index contributed by atoms with van der Waals surface area (Å²) in [6.45, 7) is 3.36. The van der Waals surface area contributed by atoms with Gasteiger partial charge in [0.15, 0.2) is 5.13 Å². The monoisotopic (exact) mass is 486 g/mol. The predicted molar refractivity (Wildman–Crippen MR) is 135 cm³/mol. The van der Waals surface area contributed by atoms with E-state index in [1.165, 1.54) is 21.8 Å². The van der Waals surface area contributed by atoms with E-state index in [1.807, 2.05) is 12.1 Å². The van der Waals surface area contributed by atoms with Crippen molar-refractivity contribution in [3.63, 3.8) is 0 Å². The molecule has 1 fully saturated rings. The minimum Gasteiger partial charge on any atom is -0.495 e. The molecule has 0 spiro atoms. The standard InChI is InChI=1S/C25H30N2O4S2/c1-17-8-10-19(11-9-17)32-15-5-7-22(28)27(16-18-6-4-14-31-18)25-26-23-20(29-2)12-13-21(30-3)24(23)33-25/h8-13,18H,4-7,14-16H2,1-3H3. The summed E-state index contributed by atoms with van der Waals surface area (Å²) >= 11 is 3.25. The van der Waals surface area contributed by atoms with E-state index in [2.05, 4.69) is 31.2 Å². The van der Waals surface area contributed by atoms with Crippen molar-refractivity contribution in [2.24, 2.45) is 0 Å². The summed E-state index contributed by atoms with van der Waals surface area (Å²) in [5.41, 5.74) is 1.97. The fourth-order valence-electron chi connectivity index (χ4n) is 3.85. The molecular weight excluding hydrogens is 456 g/mol. The third-order valence-corrected chi connectivity index (χ3v) is 7.86. The Morgan fingerprint density at radius 2 is 1.94 bits per heavy atom. The number of aryl methyl sites for hydroxylation is 1. The van der Waals surface area contributed by atoms with Crippen LogP contribution in [0.2, 0.25) is 0 Å². The number of thiazole rings is 1. The molecule has 1 unspecified atom stereocenters. The molecule has 1 aromatic heterocycles. The fraction of sp³-hybridized carbons (Fsp3) is 0.440. The molecule has 1 aliphatic rings. The Balaban J connectivity index is 1.49. The number of nitrogens with zero attached hydrogens (tertiary/aromatic N) is 2. The van der Waals surface area contributed by atoms with E-state index in [-0.39, 0.29) is 12.0 Å². The maximum absolute atomic E-state index is 13.3. The maximum atomic E-state index is 13.3. The number of fused-ring (bicyclic) bond motifs is 1. The number of anilines is 1. The zero-order chi connectivity index (χ0) is 23.2. The van der Waals surface area contributed by atoms with E-state index in [4.69, 9.17) is 19.2 Å². The van der Waals surface area contributed by atoms with Crippen molar-refractivity contribution in [2.45, 2.75) is 43.6 Å². The van der Waals surface area contributed by atoms with Crippen molar-refractivity contribution in [3.8, 4) is 11.5 Å². The number of aromatic nitrogens is 1. The first kappa shape index (κ1) is 23.9. The van der Waals surface area contributed by atoms with E-state index < -0.39 is 0 Å². The number of carbonyl (C=O) groups excluding carboxylic acids is 1. The Kier molecular flexibility index (Phi) is 8.11. The van der Waals surface area contributed by atoms with Crippen LogP contribution in [0, 0.1) is 6.92 Å². The van der Waals surface area contributed by atoms with Crippen molar-refractivity contribution >= 4 is 44.4 Å². The van der Waals surface area contributed by atoms with Gasteiger partial charge in [-0.3, -0.25) is 9.69 Å². The second kappa shape index (κ2) is 11.2. The van der Waals surface area contributed by atoms with Gasteiger partial charge in [0.05, 0.1) is 26.9 Å². The Morgan fingerprint density at radius 1 is 1.18 bits per heavy atom. The third-order valence-electron chi connectivity index (χ3n) is 5.67. The van der Waals surface area contributed by atoms with E-state index in [0.717, 1.165) is 47.6 Å². The van der Waals surface area contributed by atoms with Gasteiger partial charge in [-0.05, 0) is 56.2 Å². The molecule has 0 bridgehead atoms. The summed E-state index contributed by atoms with van der Waals surface area (Å²) in [7, 11) is 3.27. The van der Waals surface area contributed by atoms with Gasteiger partial charge >= 0.3 is 0 Å². The highest BCUT2D eigenvalue weighted by Crippen LogP contribution is 2.40. The molecule has 33 heavy (non-hydrogen) atoms. The van der Waals surface area contributed by atoms with Crippen LogP contribution in [0.3, 0.4) is 0 Å². The van der Waals surface area contributed by atoms with Gasteiger partial charge in [-0.15, -0.1) is 11.8 Å². The van der Waals surface area contributed by atoms with Gasteiger partial charge in [0.1, 0.15) is 21.7 Å². The first-order valence-electron chi connectivity index (χ1n) is 11.2. The normalized spacial score (nSPS) is 15.7. The second-order valence-corrected chi connectivity index (χ2v) is 10.2. The molecule has 2 heterocycles. The van der Waals surface area contributed by atoms with Gasteiger partial charge in [-0.2, -0.15) is 0 Å². The van der Waals surface area contributed by atoms with Crippen LogP contribution < -0.4 is 14.4 Å². The Labute approximate surface area is 203 Å². The molecule has 1 saturated heterocycles. The first-order valence-corrected chi connectivity index (χ1v) is 13.0. The van der Waals surface area contributed by atoms with Crippen molar-refractivity contribution in [1.29, 1.82) is 0 Å². The molecule has 0 aliphatic carbocycles. The van der Waals surface area contributed by atoms with Crippen LogP contribution in [0.5, 0.6) is 11.5 Å². The molecule has 0 saturated carbocycles. The Hall–Kier alpha value is -2.29. The zero-order valence-electron chi connectivity index (χ0n) is 19.3. The lowest BCUT2D eigenvalue weighted by atomic mass is 10.2. The number of ether oxygens (including phenoxy) is 3. The Bertz CT molecular complexity index is 1040. The minimum absolute atomic E-state index is 0.0479. The van der Waals surface area contributed by atoms with Crippen LogP contribution in [-0.4, -0.2) is 50.1 Å². The van der Waals surface area contributed by atoms with Crippen LogP contribution >= 0.6 is 23.1 Å². The summed E-state index contributed by atoms with van der Waals surface area (Å²) in [4.78, 5) is 21.2. The maximum Gasteiger partial charge on any atom is 0.228 e. The number of hydrogen-bond donors (Lipinski definition) is 0. The molecular formula is C25H30N2O4S2. The summed E-state index contributed by atoms with van der Waals surface area (Å²) in [6, 6.07) is 12.2. The van der Waals surface area contributed by atoms with E-state index in [0.29, 0.717) is 23.8 Å². The largest absolute Gasteiger partial charge is 0.495 e. The number of thioether (sulfide) groups is 1. The van der Waals surface area contributed by atoms with Crippen LogP contribution in [0.1, 0.15) is 31.2 Å². The van der Waals surface area contributed by atoms with Crippen LogP contribution in [0.25, 0.3) is 10.2 Å². The quantitative estimate of drug-likeness (QED) is 0.270. The van der Waals surface area contributed by atoms with E-state index in [9.17, 15) is 4.79 Å². The SMILES string of the molecule is COc1ccc(OC)c2sc(N(CC3CCCO3)C(=O)CCCSc3ccc(C)cc3)nc12. The van der Waals surface area contributed by atoms with Crippen LogP contribution in [-0.2, 0) is 9.53 Å². The molecule has 2 aromatic carbocycles. The highest BCUT2D eigenvalue weighted by Gasteiger charge is 2.27. The number of methoxy groups -OCH3 is 2. The molecule has 8 heteroatoms. The molecule has 1 amide bonds. The Morgan fingerprint density at radius 3 is 2.64 bits per heavy atom. The summed E-state index contributed by atoms with van der Waals surface area (Å²) < 4.78 is 17.8. The first-order chi connectivity index (χ1) is 16.1. The van der Waals surface area contributed by atoms with Gasteiger partial charge < -0.3 is 14.2 Å². The van der Waals surface area contributed by atoms with Gasteiger partial charge in [-0.25, -0.2) is 4.98 Å². The summed E-state index contributed by atoms with van der Waals surface area (Å²) in [5, 5.41) is 0.666. The molecule has 3 aromatic rings. The van der Waals surface area contributed by atoms with Crippen molar-refractivity contribution < 1.29 is 19.0 Å². The number of rotatable bonds is 10. The number of carbonyl (C=O) groups is 1. The zero-order valence-corrected chi connectivity index (χ0v) is 21.0. The lowest BCUT2D eigenvalue weighted by Crippen LogP contribution is -2.37. The van der Waals surface area contributed by atoms with Gasteiger partial charge in [-0.1, -0.05) is 29.0 Å². The molecule has 1 atom stereocenters. The van der Waals surface area contributed by atoms with E-state index in [1.54, 1.807) is 30.9 Å². The van der Waals surface area contributed by atoms with Crippen molar-refractivity contribution in [3.05, 3.63) is 42.0 Å². The average Bonchev–Trinajstić information content (AvgIpc) is 3.50. The fourth-order valence-corrected chi connectivity index (χ4v) is 5.81. The highest BCUT2D eigenvalue weighted by atomic mass is 32.2. The molecule has 0 radical (unpaired) electrons. The van der Waals surface area contributed by atoms with Crippen LogP contribution in [0.15, 0.2) is 41.3 Å². The molecule has 176 valence electrons. The van der Waals surface area contributed by atoms with Gasteiger partial charge in [0.25, 0.3) is 0 Å². The number of benzene rings is 2.